The topological polar surface area (TPSA) is 110 Å². The molecule has 0 spiro atoms. The van der Waals surface area contributed by atoms with Crippen LogP contribution in [0.5, 0.6) is 0 Å². The van der Waals surface area contributed by atoms with E-state index in [0.29, 0.717) is 36.6 Å². The number of nitrogens with one attached hydrogen (secondary N) is 2. The molecule has 3 aromatic rings. The van der Waals surface area contributed by atoms with Crippen LogP contribution in [0.4, 0.5) is 17.7 Å². The van der Waals surface area contributed by atoms with E-state index in [2.05, 4.69) is 20.5 Å². The van der Waals surface area contributed by atoms with Crippen molar-refractivity contribution in [1.82, 2.24) is 24.6 Å². The third-order valence-corrected chi connectivity index (χ3v) is 5.56. The van der Waals surface area contributed by atoms with Crippen LogP contribution in [0.15, 0.2) is 24.4 Å². The molecule has 29 heavy (non-hydrogen) atoms. The van der Waals surface area contributed by atoms with Gasteiger partial charge in [-0.1, -0.05) is 0 Å². The van der Waals surface area contributed by atoms with Gasteiger partial charge in [0.25, 0.3) is 0 Å². The molecular formula is C19H23N7O3. The standard InChI is InChI=1S/C19H23N7O3/c1-28-12-8-14(17(27)29-2)26(10-12)19-21-16-4-3-7-25(16)18(22-19)20-15-9-13(23-24-15)11-5-6-11/h3-4,7,9,11-12,14H,5-6,8,10H2,1-2H3,(H2,20,21,22,23,24). The Morgan fingerprint density at radius 2 is 2.17 bits per heavy atom. The molecule has 1 saturated heterocycles. The van der Waals surface area contributed by atoms with Crippen LogP contribution in [-0.2, 0) is 14.3 Å². The Bertz CT molecular complexity index is 1040. The summed E-state index contributed by atoms with van der Waals surface area (Å²) in [7, 11) is 3.03. The van der Waals surface area contributed by atoms with E-state index in [1.807, 2.05) is 33.7 Å². The van der Waals surface area contributed by atoms with Gasteiger partial charge in [-0.3, -0.25) is 9.50 Å². The number of H-pyrrole nitrogens is 1. The maximum absolute atomic E-state index is 12.3. The molecule has 0 amide bonds. The minimum absolute atomic E-state index is 0.0884. The second kappa shape index (κ2) is 7.03. The Hall–Kier alpha value is -3.14. The number of aromatic amines is 1. The van der Waals surface area contributed by atoms with Crippen LogP contribution in [0.25, 0.3) is 5.65 Å². The van der Waals surface area contributed by atoms with Crippen molar-refractivity contribution in [2.75, 3.05) is 31.0 Å². The SMILES string of the molecule is COC(=O)C1CC(OC)CN1c1nc(Nc2cc(C3CC3)[nH]n2)n2cccc2n1. The molecule has 0 aromatic carbocycles. The Labute approximate surface area is 167 Å². The summed E-state index contributed by atoms with van der Waals surface area (Å²) >= 11 is 0. The fourth-order valence-corrected chi connectivity index (χ4v) is 3.80. The quantitative estimate of drug-likeness (QED) is 0.607. The molecule has 0 bridgehead atoms. The van der Waals surface area contributed by atoms with Crippen molar-refractivity contribution in [2.45, 2.75) is 37.3 Å². The summed E-state index contributed by atoms with van der Waals surface area (Å²) in [6.07, 6.45) is 4.73. The zero-order chi connectivity index (χ0) is 20.0. The number of hydrogen-bond donors (Lipinski definition) is 2. The van der Waals surface area contributed by atoms with E-state index in [-0.39, 0.29) is 12.1 Å². The molecule has 1 saturated carbocycles. The number of aromatic nitrogens is 5. The van der Waals surface area contributed by atoms with Crippen molar-refractivity contribution >= 4 is 29.3 Å². The molecular weight excluding hydrogens is 374 g/mol. The van der Waals surface area contributed by atoms with Crippen molar-refractivity contribution in [3.05, 3.63) is 30.1 Å². The number of anilines is 3. The fraction of sp³-hybridized carbons (Fsp3) is 0.474. The normalized spacial score (nSPS) is 21.7. The van der Waals surface area contributed by atoms with Gasteiger partial charge in [-0.05, 0) is 25.0 Å². The highest BCUT2D eigenvalue weighted by Crippen LogP contribution is 2.39. The van der Waals surface area contributed by atoms with Crippen LogP contribution in [0.2, 0.25) is 0 Å². The van der Waals surface area contributed by atoms with Crippen LogP contribution in [0.1, 0.15) is 30.9 Å². The van der Waals surface area contributed by atoms with Gasteiger partial charge in [-0.2, -0.15) is 15.1 Å². The highest BCUT2D eigenvalue weighted by Gasteiger charge is 2.39. The summed E-state index contributed by atoms with van der Waals surface area (Å²) in [5, 5.41) is 10.7. The van der Waals surface area contributed by atoms with Crippen LogP contribution in [0.3, 0.4) is 0 Å². The molecule has 152 valence electrons. The smallest absolute Gasteiger partial charge is 0.328 e. The van der Waals surface area contributed by atoms with Crippen molar-refractivity contribution in [2.24, 2.45) is 0 Å². The van der Waals surface area contributed by atoms with Crippen LogP contribution in [-0.4, -0.2) is 63.4 Å². The molecule has 2 unspecified atom stereocenters. The second-order valence-electron chi connectivity index (χ2n) is 7.48. The molecule has 2 fully saturated rings. The van der Waals surface area contributed by atoms with Crippen LogP contribution < -0.4 is 10.2 Å². The number of carbonyl (C=O) groups is 1. The van der Waals surface area contributed by atoms with Gasteiger partial charge in [0.05, 0.1) is 13.2 Å². The highest BCUT2D eigenvalue weighted by atomic mass is 16.5. The summed E-state index contributed by atoms with van der Waals surface area (Å²) in [5.41, 5.74) is 1.86. The van der Waals surface area contributed by atoms with E-state index < -0.39 is 6.04 Å². The lowest BCUT2D eigenvalue weighted by atomic mass is 10.2. The molecule has 2 N–H and O–H groups in total. The molecule has 0 radical (unpaired) electrons. The lowest BCUT2D eigenvalue weighted by Gasteiger charge is -2.23. The number of hydrogen-bond acceptors (Lipinski definition) is 8. The summed E-state index contributed by atoms with van der Waals surface area (Å²) in [6.45, 7) is 0.515. The summed E-state index contributed by atoms with van der Waals surface area (Å²) in [5.74, 6) is 1.99. The Morgan fingerprint density at radius 3 is 2.93 bits per heavy atom. The Kier molecular flexibility index (Phi) is 4.35. The van der Waals surface area contributed by atoms with E-state index >= 15 is 0 Å². The first kappa shape index (κ1) is 17.9. The molecule has 1 aliphatic carbocycles. The second-order valence-corrected chi connectivity index (χ2v) is 7.48. The third kappa shape index (κ3) is 3.29. The number of fused-ring (bicyclic) bond motifs is 1. The van der Waals surface area contributed by atoms with Gasteiger partial charge in [0.1, 0.15) is 11.7 Å². The Balaban J connectivity index is 1.50. The molecule has 10 nitrogen and oxygen atoms in total. The number of ether oxygens (including phenoxy) is 2. The number of rotatable bonds is 6. The van der Waals surface area contributed by atoms with E-state index in [0.717, 1.165) is 11.3 Å². The first-order valence-electron chi connectivity index (χ1n) is 9.71. The van der Waals surface area contributed by atoms with E-state index in [9.17, 15) is 4.79 Å². The van der Waals surface area contributed by atoms with Gasteiger partial charge >= 0.3 is 5.97 Å². The Morgan fingerprint density at radius 1 is 1.31 bits per heavy atom. The molecule has 1 aliphatic heterocycles. The minimum atomic E-state index is -0.484. The van der Waals surface area contributed by atoms with Gasteiger partial charge in [-0.25, -0.2) is 4.79 Å². The number of carbonyl (C=O) groups excluding carboxylic acids is 1. The first-order valence-corrected chi connectivity index (χ1v) is 9.71. The maximum Gasteiger partial charge on any atom is 0.328 e. The van der Waals surface area contributed by atoms with Gasteiger partial charge in [-0.15, -0.1) is 0 Å². The molecule has 3 aromatic heterocycles. The predicted molar refractivity (Wildman–Crippen MR) is 105 cm³/mol. The summed E-state index contributed by atoms with van der Waals surface area (Å²) < 4.78 is 12.3. The largest absolute Gasteiger partial charge is 0.467 e. The number of nitrogens with zero attached hydrogens (tertiary/aromatic N) is 5. The molecule has 10 heteroatoms. The third-order valence-electron chi connectivity index (χ3n) is 5.56. The molecule has 2 aliphatic rings. The average Bonchev–Trinajstić information content (AvgIpc) is 3.13. The zero-order valence-electron chi connectivity index (χ0n) is 16.3. The molecule has 5 rings (SSSR count). The van der Waals surface area contributed by atoms with Crippen LogP contribution >= 0.6 is 0 Å². The average molecular weight is 397 g/mol. The van der Waals surface area contributed by atoms with Crippen molar-refractivity contribution in [1.29, 1.82) is 0 Å². The van der Waals surface area contributed by atoms with Crippen molar-refractivity contribution in [3.63, 3.8) is 0 Å². The first-order chi connectivity index (χ1) is 14.2. The lowest BCUT2D eigenvalue weighted by molar-refractivity contribution is -0.142. The van der Waals surface area contributed by atoms with Crippen molar-refractivity contribution in [3.8, 4) is 0 Å². The lowest BCUT2D eigenvalue weighted by Crippen LogP contribution is -2.38. The highest BCUT2D eigenvalue weighted by molar-refractivity contribution is 5.80. The number of esters is 1. The van der Waals surface area contributed by atoms with E-state index in [1.54, 1.807) is 7.11 Å². The minimum Gasteiger partial charge on any atom is -0.467 e. The van der Waals surface area contributed by atoms with Gasteiger partial charge in [0.2, 0.25) is 11.9 Å². The maximum atomic E-state index is 12.3. The fourth-order valence-electron chi connectivity index (χ4n) is 3.80. The van der Waals surface area contributed by atoms with Crippen molar-refractivity contribution < 1.29 is 14.3 Å². The number of methoxy groups -OCH3 is 2. The van der Waals surface area contributed by atoms with Gasteiger partial charge < -0.3 is 19.7 Å². The molecule has 4 heterocycles. The van der Waals surface area contributed by atoms with Crippen LogP contribution in [0, 0.1) is 0 Å². The van der Waals surface area contributed by atoms with Gasteiger partial charge in [0, 0.05) is 44.0 Å². The van der Waals surface area contributed by atoms with E-state index in [4.69, 9.17) is 14.5 Å². The zero-order valence-corrected chi connectivity index (χ0v) is 16.3. The molecule has 2 atom stereocenters. The summed E-state index contributed by atoms with van der Waals surface area (Å²) in [4.78, 5) is 23.5. The summed E-state index contributed by atoms with van der Waals surface area (Å²) in [6, 6.07) is 5.33. The predicted octanol–water partition coefficient (Wildman–Crippen LogP) is 1.84. The monoisotopic (exact) mass is 397 g/mol. The van der Waals surface area contributed by atoms with Gasteiger partial charge in [0.15, 0.2) is 5.82 Å². The van der Waals surface area contributed by atoms with E-state index in [1.165, 1.54) is 20.0 Å².